The SMILES string of the molecule is CCCCCCCCOC(=O)[C@H](CC(C)C)NC(=O)C1CC(C(=O)N[C@@H](CC(C)C)C(=O)OCCCCCCCC)CC(C(=O)N[C@@H](CC(C)C)C(=O)OCCCCCCCC)C1. The first-order valence-electron chi connectivity index (χ1n) is 25.5. The van der Waals surface area contributed by atoms with Crippen molar-refractivity contribution in [2.45, 2.75) is 235 Å². The molecule has 1 fully saturated rings. The van der Waals surface area contributed by atoms with Gasteiger partial charge in [0.2, 0.25) is 17.7 Å². The van der Waals surface area contributed by atoms with Gasteiger partial charge in [-0.15, -0.1) is 0 Å². The van der Waals surface area contributed by atoms with E-state index in [4.69, 9.17) is 14.2 Å². The van der Waals surface area contributed by atoms with E-state index in [2.05, 4.69) is 36.7 Å². The predicted molar refractivity (Wildman–Crippen MR) is 251 cm³/mol. The molecule has 1 saturated carbocycles. The zero-order valence-corrected chi connectivity index (χ0v) is 41.5. The van der Waals surface area contributed by atoms with E-state index < -0.39 is 71.5 Å². The second-order valence-corrected chi connectivity index (χ2v) is 19.7. The average molecular weight is 892 g/mol. The number of hydrogen-bond donors (Lipinski definition) is 3. The van der Waals surface area contributed by atoms with E-state index in [9.17, 15) is 28.8 Å². The van der Waals surface area contributed by atoms with Crippen molar-refractivity contribution >= 4 is 35.6 Å². The Morgan fingerprint density at radius 3 is 0.825 bits per heavy atom. The summed E-state index contributed by atoms with van der Waals surface area (Å²) in [5.74, 6) is -4.89. The number of nitrogens with one attached hydrogen (secondary N) is 3. The number of carbonyl (C=O) groups is 6. The molecule has 0 bridgehead atoms. The number of rotatable bonds is 36. The molecule has 0 heterocycles. The van der Waals surface area contributed by atoms with Crippen LogP contribution in [0, 0.1) is 35.5 Å². The maximum absolute atomic E-state index is 14.2. The minimum atomic E-state index is -0.882. The fourth-order valence-electron chi connectivity index (χ4n) is 8.35. The van der Waals surface area contributed by atoms with Gasteiger partial charge in [-0.2, -0.15) is 0 Å². The van der Waals surface area contributed by atoms with E-state index in [-0.39, 0.29) is 56.8 Å². The zero-order valence-electron chi connectivity index (χ0n) is 41.5. The molecule has 12 heteroatoms. The molecule has 366 valence electrons. The van der Waals surface area contributed by atoms with Crippen LogP contribution in [0.2, 0.25) is 0 Å². The van der Waals surface area contributed by atoms with Crippen LogP contribution >= 0.6 is 0 Å². The molecule has 1 rings (SSSR count). The lowest BCUT2D eigenvalue weighted by Gasteiger charge is -2.35. The maximum Gasteiger partial charge on any atom is 0.328 e. The topological polar surface area (TPSA) is 166 Å². The molecular formula is C51H93N3O9. The Labute approximate surface area is 383 Å². The van der Waals surface area contributed by atoms with Gasteiger partial charge in [-0.1, -0.05) is 159 Å². The van der Waals surface area contributed by atoms with Gasteiger partial charge in [0.1, 0.15) is 18.1 Å². The molecule has 0 spiro atoms. The quantitative estimate of drug-likeness (QED) is 0.0315. The van der Waals surface area contributed by atoms with Gasteiger partial charge in [-0.25, -0.2) is 14.4 Å². The van der Waals surface area contributed by atoms with Crippen molar-refractivity contribution in [3.63, 3.8) is 0 Å². The summed E-state index contributed by atoms with van der Waals surface area (Å²) in [6.45, 7) is 19.2. The molecule has 0 aromatic heterocycles. The lowest BCUT2D eigenvalue weighted by molar-refractivity contribution is -0.151. The molecule has 3 N–H and O–H groups in total. The van der Waals surface area contributed by atoms with E-state index >= 15 is 0 Å². The standard InChI is InChI=1S/C51H93N3O9/c1-10-13-16-19-22-25-28-61-49(58)43(31-37(4)5)52-46(55)40-34-41(47(56)53-44(32-38(6)7)50(59)62-29-26-23-20-17-14-11-2)36-42(35-40)48(57)54-45(33-39(8)9)51(60)63-30-27-24-21-18-15-12-3/h37-45H,10-36H2,1-9H3,(H,52,55)(H,53,56)(H,54,57)/t40?,41?,42?,43-,44-,45-/m0/s1. The fourth-order valence-corrected chi connectivity index (χ4v) is 8.35. The van der Waals surface area contributed by atoms with Crippen molar-refractivity contribution in [1.82, 2.24) is 16.0 Å². The second-order valence-electron chi connectivity index (χ2n) is 19.7. The van der Waals surface area contributed by atoms with Crippen molar-refractivity contribution < 1.29 is 43.0 Å². The number of esters is 3. The van der Waals surface area contributed by atoms with Crippen molar-refractivity contribution in [2.24, 2.45) is 35.5 Å². The number of hydrogen-bond acceptors (Lipinski definition) is 9. The molecule has 0 aromatic rings. The van der Waals surface area contributed by atoms with Crippen LogP contribution in [-0.2, 0) is 43.0 Å². The highest BCUT2D eigenvalue weighted by Crippen LogP contribution is 2.35. The van der Waals surface area contributed by atoms with Gasteiger partial charge < -0.3 is 30.2 Å². The summed E-state index contributed by atoms with van der Waals surface area (Å²) >= 11 is 0. The third kappa shape index (κ3) is 27.0. The Morgan fingerprint density at radius 1 is 0.381 bits per heavy atom. The highest BCUT2D eigenvalue weighted by atomic mass is 16.5. The summed E-state index contributed by atoms with van der Waals surface area (Å²) in [5.41, 5.74) is 0. The molecule has 12 nitrogen and oxygen atoms in total. The summed E-state index contributed by atoms with van der Waals surface area (Å²) in [6, 6.07) is -2.65. The van der Waals surface area contributed by atoms with Crippen molar-refractivity contribution in [1.29, 1.82) is 0 Å². The number of ether oxygens (including phenoxy) is 3. The van der Waals surface area contributed by atoms with Gasteiger partial charge in [0, 0.05) is 17.8 Å². The monoisotopic (exact) mass is 892 g/mol. The highest BCUT2D eigenvalue weighted by molar-refractivity contribution is 5.91. The number of amides is 3. The number of carbonyl (C=O) groups excluding carboxylic acids is 6. The van der Waals surface area contributed by atoms with Crippen LogP contribution in [0.25, 0.3) is 0 Å². The average Bonchev–Trinajstić information content (AvgIpc) is 3.23. The molecule has 0 aliphatic heterocycles. The second kappa shape index (κ2) is 35.1. The van der Waals surface area contributed by atoms with Crippen LogP contribution in [0.1, 0.15) is 216 Å². The van der Waals surface area contributed by atoms with Crippen LogP contribution in [-0.4, -0.2) is 73.6 Å². The molecule has 3 amide bonds. The Kier molecular flexibility index (Phi) is 32.2. The molecule has 0 aromatic carbocycles. The Balaban J connectivity index is 3.27. The first-order valence-corrected chi connectivity index (χ1v) is 25.5. The smallest absolute Gasteiger partial charge is 0.328 e. The lowest BCUT2D eigenvalue weighted by atomic mass is 9.73. The summed E-state index contributed by atoms with van der Waals surface area (Å²) < 4.78 is 17.0. The summed E-state index contributed by atoms with van der Waals surface area (Å²) in [5, 5.41) is 8.82. The maximum atomic E-state index is 14.2. The van der Waals surface area contributed by atoms with E-state index in [1.165, 1.54) is 19.3 Å². The van der Waals surface area contributed by atoms with Crippen LogP contribution in [0.15, 0.2) is 0 Å². The van der Waals surface area contributed by atoms with Crippen LogP contribution in [0.3, 0.4) is 0 Å². The van der Waals surface area contributed by atoms with Gasteiger partial charge in [0.25, 0.3) is 0 Å². The van der Waals surface area contributed by atoms with Gasteiger partial charge in [0.05, 0.1) is 19.8 Å². The molecule has 0 unspecified atom stereocenters. The molecule has 3 atom stereocenters. The molecule has 1 aliphatic rings. The third-order valence-electron chi connectivity index (χ3n) is 12.0. The molecule has 1 aliphatic carbocycles. The molecule has 63 heavy (non-hydrogen) atoms. The zero-order chi connectivity index (χ0) is 47.0. The van der Waals surface area contributed by atoms with Crippen molar-refractivity contribution in [3.05, 3.63) is 0 Å². The molecular weight excluding hydrogens is 799 g/mol. The van der Waals surface area contributed by atoms with Gasteiger partial charge in [0.15, 0.2) is 0 Å². The Morgan fingerprint density at radius 2 is 0.603 bits per heavy atom. The summed E-state index contributed by atoms with van der Waals surface area (Å²) in [4.78, 5) is 82.7. The fraction of sp³-hybridized carbons (Fsp3) is 0.882. The van der Waals surface area contributed by atoms with Crippen molar-refractivity contribution in [3.8, 4) is 0 Å². The normalized spacial score (nSPS) is 17.8. The largest absolute Gasteiger partial charge is 0.464 e. The lowest BCUT2D eigenvalue weighted by Crippen LogP contribution is -2.52. The van der Waals surface area contributed by atoms with Gasteiger partial charge in [-0.3, -0.25) is 14.4 Å². The van der Waals surface area contributed by atoms with Crippen LogP contribution in [0.4, 0.5) is 0 Å². The van der Waals surface area contributed by atoms with Crippen LogP contribution < -0.4 is 16.0 Å². The number of unbranched alkanes of at least 4 members (excludes halogenated alkanes) is 15. The first-order chi connectivity index (χ1) is 30.1. The molecule has 0 saturated heterocycles. The third-order valence-corrected chi connectivity index (χ3v) is 12.0. The first kappa shape index (κ1) is 57.8. The van der Waals surface area contributed by atoms with E-state index in [0.717, 1.165) is 96.3 Å². The van der Waals surface area contributed by atoms with Crippen molar-refractivity contribution in [2.75, 3.05) is 19.8 Å². The van der Waals surface area contributed by atoms with E-state index in [0.29, 0.717) is 19.3 Å². The van der Waals surface area contributed by atoms with Gasteiger partial charge >= 0.3 is 17.9 Å². The Hall–Kier alpha value is -3.18. The van der Waals surface area contributed by atoms with Crippen LogP contribution in [0.5, 0.6) is 0 Å². The molecule has 0 radical (unpaired) electrons. The van der Waals surface area contributed by atoms with E-state index in [1.807, 2.05) is 41.5 Å². The highest BCUT2D eigenvalue weighted by Gasteiger charge is 2.42. The minimum absolute atomic E-state index is 0.0812. The van der Waals surface area contributed by atoms with Gasteiger partial charge in [-0.05, 0) is 75.5 Å². The van der Waals surface area contributed by atoms with E-state index in [1.54, 1.807) is 0 Å². The Bertz CT molecular complexity index is 1130. The summed E-state index contributed by atoms with van der Waals surface area (Å²) in [6.07, 6.45) is 20.4. The summed E-state index contributed by atoms with van der Waals surface area (Å²) in [7, 11) is 0. The minimum Gasteiger partial charge on any atom is -0.464 e. The predicted octanol–water partition coefficient (Wildman–Crippen LogP) is 10.3.